The lowest BCUT2D eigenvalue weighted by Gasteiger charge is -2.12. The van der Waals surface area contributed by atoms with Crippen LogP contribution in [0.3, 0.4) is 0 Å². The number of halogens is 1. The van der Waals surface area contributed by atoms with E-state index in [1.165, 1.54) is 31.0 Å². The Morgan fingerprint density at radius 1 is 1.47 bits per heavy atom. The zero-order chi connectivity index (χ0) is 14.3. The second-order valence-electron chi connectivity index (χ2n) is 4.45. The highest BCUT2D eigenvalue weighted by Gasteiger charge is 2.13. The van der Waals surface area contributed by atoms with E-state index < -0.39 is 5.82 Å². The number of amides is 1. The highest BCUT2D eigenvalue weighted by molar-refractivity contribution is 8.00. The van der Waals surface area contributed by atoms with Crippen molar-refractivity contribution in [3.63, 3.8) is 0 Å². The number of nitrogens with one attached hydrogen (secondary N) is 1. The zero-order valence-electron chi connectivity index (χ0n) is 11.4. The smallest absolute Gasteiger partial charge is 0.237 e. The minimum atomic E-state index is -0.472. The zero-order valence-corrected chi connectivity index (χ0v) is 12.2. The lowest BCUT2D eigenvalue weighted by molar-refractivity contribution is -0.115. The van der Waals surface area contributed by atoms with Crippen molar-refractivity contribution in [2.75, 3.05) is 16.8 Å². The molecule has 0 aliphatic rings. The first-order valence-corrected chi connectivity index (χ1v) is 7.57. The van der Waals surface area contributed by atoms with Crippen molar-refractivity contribution in [2.45, 2.75) is 38.4 Å². The molecule has 5 heteroatoms. The highest BCUT2D eigenvalue weighted by Crippen LogP contribution is 2.19. The average Bonchev–Trinajstić information content (AvgIpc) is 2.38. The number of nitrogens with two attached hydrogens (primary N) is 1. The van der Waals surface area contributed by atoms with Gasteiger partial charge in [-0.05, 0) is 37.3 Å². The maximum Gasteiger partial charge on any atom is 0.237 e. The summed E-state index contributed by atoms with van der Waals surface area (Å²) < 4.78 is 13.0. The summed E-state index contributed by atoms with van der Waals surface area (Å²) in [7, 11) is 0. The largest absolute Gasteiger partial charge is 0.396 e. The third-order valence-electron chi connectivity index (χ3n) is 2.75. The van der Waals surface area contributed by atoms with E-state index in [9.17, 15) is 9.18 Å². The second kappa shape index (κ2) is 8.04. The van der Waals surface area contributed by atoms with Gasteiger partial charge in [0, 0.05) is 5.69 Å². The Kier molecular flexibility index (Phi) is 6.70. The number of benzene rings is 1. The molecule has 0 aliphatic heterocycles. The Morgan fingerprint density at radius 2 is 2.21 bits per heavy atom. The molecule has 0 saturated heterocycles. The predicted molar refractivity (Wildman–Crippen MR) is 80.9 cm³/mol. The molecule has 0 fully saturated rings. The van der Waals surface area contributed by atoms with Gasteiger partial charge < -0.3 is 11.1 Å². The van der Waals surface area contributed by atoms with Gasteiger partial charge in [-0.1, -0.05) is 19.8 Å². The Labute approximate surface area is 118 Å². The number of carbonyl (C=O) groups excluding carboxylic acids is 1. The molecular formula is C14H21FN2OS. The van der Waals surface area contributed by atoms with Crippen molar-refractivity contribution in [1.82, 2.24) is 0 Å². The van der Waals surface area contributed by atoms with E-state index >= 15 is 0 Å². The minimum Gasteiger partial charge on any atom is -0.396 e. The molecule has 1 aromatic carbocycles. The summed E-state index contributed by atoms with van der Waals surface area (Å²) in [5.41, 5.74) is 6.03. The molecular weight excluding hydrogens is 263 g/mol. The lowest BCUT2D eigenvalue weighted by atomic mass is 10.2. The number of anilines is 2. The van der Waals surface area contributed by atoms with Gasteiger partial charge in [0.25, 0.3) is 0 Å². The summed E-state index contributed by atoms with van der Waals surface area (Å²) in [6.07, 6.45) is 3.49. The van der Waals surface area contributed by atoms with Crippen LogP contribution >= 0.6 is 11.8 Å². The lowest BCUT2D eigenvalue weighted by Crippen LogP contribution is -2.22. The number of carbonyl (C=O) groups is 1. The van der Waals surface area contributed by atoms with Crippen LogP contribution in [-0.4, -0.2) is 16.9 Å². The standard InChI is InChI=1S/C14H21FN2OS/c1-3-4-5-8-19-10(2)14(18)17-11-6-7-12(15)13(16)9-11/h6-7,9-10H,3-5,8,16H2,1-2H3,(H,17,18). The molecule has 1 atom stereocenters. The van der Waals surface area contributed by atoms with Crippen molar-refractivity contribution in [1.29, 1.82) is 0 Å². The quantitative estimate of drug-likeness (QED) is 0.593. The van der Waals surface area contributed by atoms with Gasteiger partial charge in [-0.25, -0.2) is 4.39 Å². The van der Waals surface area contributed by atoms with Crippen LogP contribution in [0.15, 0.2) is 18.2 Å². The predicted octanol–water partition coefficient (Wildman–Crippen LogP) is 3.66. The SMILES string of the molecule is CCCCCSC(C)C(=O)Nc1ccc(F)c(N)c1. The van der Waals surface area contributed by atoms with Gasteiger partial charge in [0.1, 0.15) is 5.82 Å². The molecule has 0 bridgehead atoms. The molecule has 0 radical (unpaired) electrons. The van der Waals surface area contributed by atoms with E-state index in [4.69, 9.17) is 5.73 Å². The van der Waals surface area contributed by atoms with Crippen LogP contribution in [0.4, 0.5) is 15.8 Å². The minimum absolute atomic E-state index is 0.0426. The van der Waals surface area contributed by atoms with Crippen LogP contribution in [0.1, 0.15) is 33.1 Å². The van der Waals surface area contributed by atoms with Crippen molar-refractivity contribution < 1.29 is 9.18 Å². The first kappa shape index (κ1) is 15.8. The average molecular weight is 284 g/mol. The molecule has 0 aliphatic carbocycles. The van der Waals surface area contributed by atoms with Crippen LogP contribution in [-0.2, 0) is 4.79 Å². The Bertz CT molecular complexity index is 426. The molecule has 106 valence electrons. The van der Waals surface area contributed by atoms with Crippen molar-refractivity contribution in [2.24, 2.45) is 0 Å². The summed E-state index contributed by atoms with van der Waals surface area (Å²) in [4.78, 5) is 11.9. The maximum absolute atomic E-state index is 13.0. The summed E-state index contributed by atoms with van der Waals surface area (Å²) in [5, 5.41) is 2.62. The van der Waals surface area contributed by atoms with Crippen LogP contribution in [0.25, 0.3) is 0 Å². The van der Waals surface area contributed by atoms with Gasteiger partial charge >= 0.3 is 0 Å². The third-order valence-corrected chi connectivity index (χ3v) is 3.99. The molecule has 19 heavy (non-hydrogen) atoms. The maximum atomic E-state index is 13.0. The van der Waals surface area contributed by atoms with Crippen LogP contribution in [0.2, 0.25) is 0 Å². The highest BCUT2D eigenvalue weighted by atomic mass is 32.2. The molecule has 0 spiro atoms. The Balaban J connectivity index is 2.42. The van der Waals surface area contributed by atoms with E-state index in [0.29, 0.717) is 5.69 Å². The number of hydrogen-bond acceptors (Lipinski definition) is 3. The van der Waals surface area contributed by atoms with Crippen molar-refractivity contribution in [3.8, 4) is 0 Å². The summed E-state index contributed by atoms with van der Waals surface area (Å²) in [6.45, 7) is 4.03. The first-order valence-electron chi connectivity index (χ1n) is 6.52. The molecule has 0 aromatic heterocycles. The van der Waals surface area contributed by atoms with Gasteiger partial charge in [0.05, 0.1) is 10.9 Å². The van der Waals surface area contributed by atoms with Gasteiger partial charge in [-0.15, -0.1) is 11.8 Å². The fourth-order valence-corrected chi connectivity index (χ4v) is 2.49. The van der Waals surface area contributed by atoms with Gasteiger partial charge in [0.2, 0.25) is 5.91 Å². The molecule has 1 unspecified atom stereocenters. The molecule has 3 nitrogen and oxygen atoms in total. The fraction of sp³-hybridized carbons (Fsp3) is 0.500. The van der Waals surface area contributed by atoms with Gasteiger partial charge in [0.15, 0.2) is 0 Å². The van der Waals surface area contributed by atoms with Crippen molar-refractivity contribution in [3.05, 3.63) is 24.0 Å². The number of hydrogen-bond donors (Lipinski definition) is 2. The second-order valence-corrected chi connectivity index (χ2v) is 5.89. The van der Waals surface area contributed by atoms with E-state index in [2.05, 4.69) is 12.2 Å². The summed E-state index contributed by atoms with van der Waals surface area (Å²) in [5.74, 6) is 0.432. The fourth-order valence-electron chi connectivity index (χ4n) is 1.55. The van der Waals surface area contributed by atoms with Gasteiger partial charge in [-0.3, -0.25) is 4.79 Å². The summed E-state index contributed by atoms with van der Waals surface area (Å²) in [6, 6.07) is 4.20. The normalized spacial score (nSPS) is 12.2. The number of thioether (sulfide) groups is 1. The Morgan fingerprint density at radius 3 is 2.84 bits per heavy atom. The van der Waals surface area contributed by atoms with Gasteiger partial charge in [-0.2, -0.15) is 0 Å². The summed E-state index contributed by atoms with van der Waals surface area (Å²) >= 11 is 1.63. The van der Waals surface area contributed by atoms with Crippen LogP contribution in [0.5, 0.6) is 0 Å². The van der Waals surface area contributed by atoms with Crippen LogP contribution < -0.4 is 11.1 Å². The number of rotatable bonds is 7. The van der Waals surface area contributed by atoms with E-state index in [-0.39, 0.29) is 16.8 Å². The molecule has 1 aromatic rings. The Hall–Kier alpha value is -1.23. The number of unbranched alkanes of at least 4 members (excludes halogenated alkanes) is 2. The van der Waals surface area contributed by atoms with E-state index in [0.717, 1.165) is 12.2 Å². The number of nitrogen functional groups attached to an aromatic ring is 1. The van der Waals surface area contributed by atoms with E-state index in [1.54, 1.807) is 11.8 Å². The third kappa shape index (κ3) is 5.51. The topological polar surface area (TPSA) is 55.1 Å². The monoisotopic (exact) mass is 284 g/mol. The van der Waals surface area contributed by atoms with Crippen LogP contribution in [0, 0.1) is 5.82 Å². The van der Waals surface area contributed by atoms with Crippen molar-refractivity contribution >= 4 is 29.0 Å². The molecule has 0 saturated carbocycles. The van der Waals surface area contributed by atoms with E-state index in [1.807, 2.05) is 6.92 Å². The molecule has 0 heterocycles. The molecule has 1 rings (SSSR count). The molecule has 3 N–H and O–H groups in total. The molecule has 1 amide bonds. The first-order chi connectivity index (χ1) is 9.04.